The fourth-order valence-corrected chi connectivity index (χ4v) is 1.19. The quantitative estimate of drug-likeness (QED) is 0.498. The first kappa shape index (κ1) is 5.99. The van der Waals surface area contributed by atoms with Gasteiger partial charge in [-0.25, -0.2) is 8.78 Å². The van der Waals surface area contributed by atoms with Gasteiger partial charge in [-0.15, -0.1) is 0 Å². The van der Waals surface area contributed by atoms with Crippen LogP contribution in [0.25, 0.3) is 0 Å². The van der Waals surface area contributed by atoms with E-state index in [1.807, 2.05) is 6.92 Å². The van der Waals surface area contributed by atoms with Crippen LogP contribution in [0.2, 0.25) is 0 Å². The van der Waals surface area contributed by atoms with Gasteiger partial charge in [0.25, 0.3) is 5.92 Å². The van der Waals surface area contributed by atoms with E-state index < -0.39 is 5.92 Å². The molecule has 1 saturated carbocycles. The first-order valence-corrected chi connectivity index (χ1v) is 2.98. The highest BCUT2D eigenvalue weighted by Gasteiger charge is 2.63. The SMILES string of the molecule is CC[C@@H]1[C@H](C)C1(F)F. The second-order valence-electron chi connectivity index (χ2n) is 2.48. The van der Waals surface area contributed by atoms with Gasteiger partial charge in [-0.3, -0.25) is 0 Å². The average molecular weight is 120 g/mol. The van der Waals surface area contributed by atoms with Gasteiger partial charge in [-0.05, 0) is 6.42 Å². The Morgan fingerprint density at radius 3 is 1.88 bits per heavy atom. The first-order chi connectivity index (χ1) is 3.60. The van der Waals surface area contributed by atoms with Gasteiger partial charge in [0.15, 0.2) is 0 Å². The van der Waals surface area contributed by atoms with Gasteiger partial charge in [-0.1, -0.05) is 13.8 Å². The minimum absolute atomic E-state index is 0.317. The number of hydrogen-bond donors (Lipinski definition) is 0. The summed E-state index contributed by atoms with van der Waals surface area (Å²) in [5, 5.41) is 0. The normalized spacial score (nSPS) is 42.0. The second-order valence-corrected chi connectivity index (χ2v) is 2.48. The summed E-state index contributed by atoms with van der Waals surface area (Å²) in [5.41, 5.74) is 0. The molecular formula is C6H10F2. The summed E-state index contributed by atoms with van der Waals surface area (Å²) in [6, 6.07) is 0. The molecule has 0 radical (unpaired) electrons. The number of rotatable bonds is 1. The third-order valence-electron chi connectivity index (χ3n) is 2.04. The Morgan fingerprint density at radius 2 is 1.88 bits per heavy atom. The summed E-state index contributed by atoms with van der Waals surface area (Å²) in [6.45, 7) is 3.41. The maximum absolute atomic E-state index is 12.2. The van der Waals surface area contributed by atoms with Crippen LogP contribution in [0.4, 0.5) is 8.78 Å². The van der Waals surface area contributed by atoms with Crippen LogP contribution in [0.15, 0.2) is 0 Å². The van der Waals surface area contributed by atoms with Crippen molar-refractivity contribution in [2.45, 2.75) is 26.2 Å². The van der Waals surface area contributed by atoms with E-state index in [1.54, 1.807) is 6.92 Å². The lowest BCUT2D eigenvalue weighted by atomic mass is 10.3. The summed E-state index contributed by atoms with van der Waals surface area (Å²) < 4.78 is 24.4. The van der Waals surface area contributed by atoms with Crippen LogP contribution >= 0.6 is 0 Å². The minimum Gasteiger partial charge on any atom is -0.206 e. The van der Waals surface area contributed by atoms with Crippen molar-refractivity contribution in [2.75, 3.05) is 0 Å². The predicted molar refractivity (Wildman–Crippen MR) is 27.9 cm³/mol. The lowest BCUT2D eigenvalue weighted by Gasteiger charge is -1.87. The molecule has 1 rings (SSSR count). The van der Waals surface area contributed by atoms with Crippen molar-refractivity contribution in [3.05, 3.63) is 0 Å². The Labute approximate surface area is 47.9 Å². The Kier molecular flexibility index (Phi) is 1.07. The third-order valence-corrected chi connectivity index (χ3v) is 2.04. The van der Waals surface area contributed by atoms with E-state index in [4.69, 9.17) is 0 Å². The average Bonchev–Trinajstić information content (AvgIpc) is 2.09. The van der Waals surface area contributed by atoms with Gasteiger partial charge in [0.2, 0.25) is 0 Å². The monoisotopic (exact) mass is 120 g/mol. The van der Waals surface area contributed by atoms with Gasteiger partial charge in [-0.2, -0.15) is 0 Å². The van der Waals surface area contributed by atoms with Gasteiger partial charge < -0.3 is 0 Å². The van der Waals surface area contributed by atoms with E-state index in [1.165, 1.54) is 0 Å². The molecule has 1 aliphatic carbocycles. The molecule has 0 spiro atoms. The molecule has 2 heteroatoms. The highest BCUT2D eigenvalue weighted by atomic mass is 19.3. The fourth-order valence-electron chi connectivity index (χ4n) is 1.19. The topological polar surface area (TPSA) is 0 Å². The Morgan fingerprint density at radius 1 is 1.50 bits per heavy atom. The standard InChI is InChI=1S/C6H10F2/c1-3-5-4(2)6(5,7)8/h4-5H,3H2,1-2H3/t4-,5+/m0/s1. The van der Waals surface area contributed by atoms with Crippen molar-refractivity contribution in [1.82, 2.24) is 0 Å². The van der Waals surface area contributed by atoms with E-state index in [-0.39, 0.29) is 11.8 Å². The molecule has 0 nitrogen and oxygen atoms in total. The van der Waals surface area contributed by atoms with Crippen LogP contribution in [0.5, 0.6) is 0 Å². The molecule has 1 fully saturated rings. The van der Waals surface area contributed by atoms with E-state index >= 15 is 0 Å². The Bertz CT molecular complexity index is 98.7. The molecule has 0 aromatic heterocycles. The number of hydrogen-bond acceptors (Lipinski definition) is 0. The molecule has 0 aromatic carbocycles. The van der Waals surface area contributed by atoms with E-state index in [2.05, 4.69) is 0 Å². The lowest BCUT2D eigenvalue weighted by molar-refractivity contribution is 0.0859. The maximum Gasteiger partial charge on any atom is 0.254 e. The zero-order chi connectivity index (χ0) is 6.36. The molecular weight excluding hydrogens is 110 g/mol. The van der Waals surface area contributed by atoms with Gasteiger partial charge in [0, 0.05) is 11.8 Å². The Hall–Kier alpha value is -0.140. The van der Waals surface area contributed by atoms with E-state index in [0.717, 1.165) is 0 Å². The van der Waals surface area contributed by atoms with Crippen LogP contribution in [0.3, 0.4) is 0 Å². The fraction of sp³-hybridized carbons (Fsp3) is 1.00. The van der Waals surface area contributed by atoms with E-state index in [0.29, 0.717) is 6.42 Å². The molecule has 0 heterocycles. The van der Waals surface area contributed by atoms with E-state index in [9.17, 15) is 8.78 Å². The highest BCUT2D eigenvalue weighted by molar-refractivity contribution is 5.01. The van der Waals surface area contributed by atoms with Crippen LogP contribution < -0.4 is 0 Å². The van der Waals surface area contributed by atoms with Crippen LogP contribution in [-0.2, 0) is 0 Å². The van der Waals surface area contributed by atoms with Gasteiger partial charge >= 0.3 is 0 Å². The molecule has 1 aliphatic rings. The van der Waals surface area contributed by atoms with Crippen molar-refractivity contribution in [1.29, 1.82) is 0 Å². The molecule has 0 aliphatic heterocycles. The molecule has 0 saturated heterocycles. The lowest BCUT2D eigenvalue weighted by Crippen LogP contribution is -1.91. The van der Waals surface area contributed by atoms with Crippen molar-refractivity contribution in [2.24, 2.45) is 11.8 Å². The Balaban J connectivity index is 2.45. The third kappa shape index (κ3) is 0.550. The summed E-state index contributed by atoms with van der Waals surface area (Å²) in [4.78, 5) is 0. The second kappa shape index (κ2) is 1.42. The summed E-state index contributed by atoms with van der Waals surface area (Å²) >= 11 is 0. The largest absolute Gasteiger partial charge is 0.254 e. The summed E-state index contributed by atoms with van der Waals surface area (Å²) in [6.07, 6.45) is 0.619. The molecule has 0 N–H and O–H groups in total. The van der Waals surface area contributed by atoms with Crippen molar-refractivity contribution < 1.29 is 8.78 Å². The van der Waals surface area contributed by atoms with Gasteiger partial charge in [0.1, 0.15) is 0 Å². The highest BCUT2D eigenvalue weighted by Crippen LogP contribution is 2.56. The number of alkyl halides is 2. The summed E-state index contributed by atoms with van der Waals surface area (Å²) in [7, 11) is 0. The molecule has 0 aromatic rings. The molecule has 48 valence electrons. The van der Waals surface area contributed by atoms with Crippen LogP contribution in [-0.4, -0.2) is 5.92 Å². The molecule has 0 bridgehead atoms. The zero-order valence-corrected chi connectivity index (χ0v) is 5.12. The van der Waals surface area contributed by atoms with Crippen LogP contribution in [0.1, 0.15) is 20.3 Å². The smallest absolute Gasteiger partial charge is 0.206 e. The maximum atomic E-state index is 12.2. The van der Waals surface area contributed by atoms with Crippen molar-refractivity contribution in [3.8, 4) is 0 Å². The molecule has 0 unspecified atom stereocenters. The molecule has 0 amide bonds. The molecule has 2 atom stereocenters. The predicted octanol–water partition coefficient (Wildman–Crippen LogP) is 2.30. The van der Waals surface area contributed by atoms with Gasteiger partial charge in [0.05, 0.1) is 0 Å². The molecule has 8 heavy (non-hydrogen) atoms. The van der Waals surface area contributed by atoms with Crippen LogP contribution in [0, 0.1) is 11.8 Å². The minimum atomic E-state index is -2.32. The number of halogens is 2. The zero-order valence-electron chi connectivity index (χ0n) is 5.12. The van der Waals surface area contributed by atoms with Crippen molar-refractivity contribution >= 4 is 0 Å². The first-order valence-electron chi connectivity index (χ1n) is 2.98. The van der Waals surface area contributed by atoms with Crippen molar-refractivity contribution in [3.63, 3.8) is 0 Å². The summed E-state index contributed by atoms with van der Waals surface area (Å²) in [5.74, 6) is -3.00.